The normalized spacial score (nSPS) is 8.57. The Morgan fingerprint density at radius 3 is 0.171 bits per heavy atom. The molecule has 0 atom stereocenters. The Morgan fingerprint density at radius 2 is 0.171 bits per heavy atom. The fraction of sp³-hybridized carbons (Fsp3) is 0. The summed E-state index contributed by atoms with van der Waals surface area (Å²) in [5.41, 5.74) is 0. The van der Waals surface area contributed by atoms with E-state index in [1.54, 1.807) is 0 Å². The van der Waals surface area contributed by atoms with Gasteiger partial charge in [0, 0.05) is 0 Å². The first-order chi connectivity index (χ1) is 10.0. The molecule has 0 aliphatic heterocycles. The van der Waals surface area contributed by atoms with Gasteiger partial charge in [0.1, 0.15) is 0 Å². The Hall–Kier alpha value is 7.45. The fourth-order valence-corrected chi connectivity index (χ4v) is 0. The molecule has 0 heterocycles. The van der Waals surface area contributed by atoms with Gasteiger partial charge in [0.2, 0.25) is 0 Å². The molecule has 172 valence electrons. The average Bonchev–Trinajstić information content (AvgIpc) is 1.79. The molecule has 0 unspecified atom stereocenters. The Bertz CT molecular complexity index is 203. The third-order valence-electron chi connectivity index (χ3n) is 0. The molecule has 0 amide bonds. The maximum atomic E-state index is 8.58. The molecule has 20 nitrogen and oxygen atoms in total. The van der Waals surface area contributed by atoms with Crippen molar-refractivity contribution in [1.29, 1.82) is 0 Å². The van der Waals surface area contributed by atoms with Crippen LogP contribution in [-0.4, -0.2) is 230 Å². The summed E-state index contributed by atoms with van der Waals surface area (Å²) < 4.78 is 0. The topological polar surface area (TPSA) is 461 Å². The van der Waals surface area contributed by atoms with E-state index < -0.39 is 45.2 Å². The second-order valence-electron chi connectivity index (χ2n) is 2.50. The van der Waals surface area contributed by atoms with E-state index in [1.807, 2.05) is 0 Å². The van der Waals surface area contributed by atoms with Crippen LogP contribution >= 0.6 is 0 Å². The van der Waals surface area contributed by atoms with Crippen molar-refractivity contribution in [3.63, 3.8) is 0 Å². The zero-order valence-corrected chi connectivity index (χ0v) is 35.6. The standard InChI is InChI=1S/2Fe.8Mg.5O4Si/c;;;;;;;;;;5*1-5(2,3)4/q10*+2;5*-4. The molecule has 0 aromatic heterocycles. The zero-order chi connectivity index (χ0) is 22.5. The van der Waals surface area contributed by atoms with E-state index in [9.17, 15) is 0 Å². The summed E-state index contributed by atoms with van der Waals surface area (Å²) in [7, 11) is -28.1. The van der Waals surface area contributed by atoms with E-state index in [4.69, 9.17) is 95.9 Å². The molecule has 0 saturated carbocycles. The Balaban J connectivity index is -0.0000000103. The van der Waals surface area contributed by atoms with Gasteiger partial charge in [-0.3, -0.25) is 0 Å². The Kier molecular flexibility index (Phi) is 134. The molecule has 35 heavy (non-hydrogen) atoms. The molecule has 0 aromatic carbocycles. The number of rotatable bonds is 0. The molecule has 0 fully saturated rings. The minimum absolute atomic E-state index is 0. The van der Waals surface area contributed by atoms with Crippen molar-refractivity contribution in [2.45, 2.75) is 0 Å². The summed E-state index contributed by atoms with van der Waals surface area (Å²) in [6.07, 6.45) is 0. The first-order valence-corrected chi connectivity index (χ1v) is 12.2. The molecule has 0 rings (SSSR count). The van der Waals surface area contributed by atoms with Gasteiger partial charge in [-0.2, -0.15) is 0 Å². The van der Waals surface area contributed by atoms with Gasteiger partial charge in [-0.25, -0.2) is 0 Å². The summed E-state index contributed by atoms with van der Waals surface area (Å²) in [5.74, 6) is 0. The van der Waals surface area contributed by atoms with Crippen LogP contribution in [0, 0.1) is 0 Å². The van der Waals surface area contributed by atoms with Crippen LogP contribution in [0.2, 0.25) is 0 Å². The van der Waals surface area contributed by atoms with Gasteiger partial charge in [0.25, 0.3) is 0 Å². The molecule has 0 aliphatic rings. The van der Waals surface area contributed by atoms with E-state index in [1.165, 1.54) is 0 Å². The Morgan fingerprint density at radius 1 is 0.171 bits per heavy atom. The van der Waals surface area contributed by atoms with E-state index >= 15 is 0 Å². The van der Waals surface area contributed by atoms with Gasteiger partial charge < -0.3 is 141 Å². The average molecular weight is 767 g/mol. The van der Waals surface area contributed by atoms with Crippen LogP contribution in [0.15, 0.2) is 0 Å². The van der Waals surface area contributed by atoms with Crippen molar-refractivity contribution < 1.29 is 130 Å². The van der Waals surface area contributed by atoms with Crippen LogP contribution in [0.1, 0.15) is 0 Å². The van der Waals surface area contributed by atoms with Crippen LogP contribution in [0.4, 0.5) is 0 Å². The third-order valence-corrected chi connectivity index (χ3v) is 0. The van der Waals surface area contributed by atoms with Crippen molar-refractivity contribution in [3.05, 3.63) is 0 Å². The summed E-state index contributed by atoms with van der Waals surface area (Å²) in [6, 6.07) is 0. The van der Waals surface area contributed by atoms with Crippen LogP contribution in [0.25, 0.3) is 0 Å². The van der Waals surface area contributed by atoms with Crippen LogP contribution in [0.3, 0.4) is 0 Å². The first kappa shape index (κ1) is 96.8. The number of hydrogen-bond acceptors (Lipinski definition) is 20. The summed E-state index contributed by atoms with van der Waals surface area (Å²) in [6.45, 7) is 0. The monoisotopic (exact) mass is 764 g/mol. The predicted molar refractivity (Wildman–Crippen MR) is 74.8 cm³/mol. The predicted octanol–water partition coefficient (Wildman–Crippen LogP) is -28.7. The molecule has 0 bridgehead atoms. The third kappa shape index (κ3) is 1160. The van der Waals surface area contributed by atoms with Gasteiger partial charge in [0.15, 0.2) is 0 Å². The largest absolute Gasteiger partial charge is 2.00 e. The molecule has 0 saturated heterocycles. The van der Waals surface area contributed by atoms with Gasteiger partial charge in [-0.1, -0.05) is 0 Å². The van der Waals surface area contributed by atoms with Crippen molar-refractivity contribution in [3.8, 4) is 0 Å². The fourth-order valence-electron chi connectivity index (χ4n) is 0. The molecular weight excluding hydrogens is 767 g/mol. The van der Waals surface area contributed by atoms with E-state index in [2.05, 4.69) is 0 Å². The SMILES string of the molecule is [Fe+2].[Fe+2].[Mg+2].[Mg+2].[Mg+2].[Mg+2].[Mg+2].[Mg+2].[Mg+2].[Mg+2].[O-][Si]([O-])([O-])[O-].[O-][Si]([O-])([O-])[O-].[O-][Si]([O-])([O-])[O-].[O-][Si]([O-])([O-])[O-].[O-][Si]([O-])([O-])[O-]. The molecule has 0 aromatic rings. The van der Waals surface area contributed by atoms with E-state index in [0.29, 0.717) is 0 Å². The molecule has 0 radical (unpaired) electrons. The van der Waals surface area contributed by atoms with Crippen LogP contribution < -0.4 is 95.9 Å². The van der Waals surface area contributed by atoms with Crippen molar-refractivity contribution in [1.82, 2.24) is 0 Å². The van der Waals surface area contributed by atoms with Gasteiger partial charge in [0.05, 0.1) is 0 Å². The van der Waals surface area contributed by atoms with Gasteiger partial charge in [-0.05, 0) is 0 Å². The first-order valence-electron chi connectivity index (χ1n) is 4.08. The summed E-state index contributed by atoms with van der Waals surface area (Å²) in [4.78, 5) is 172. The smallest absolute Gasteiger partial charge is 0.894 e. The Labute approximate surface area is 353 Å². The molecule has 0 aliphatic carbocycles. The van der Waals surface area contributed by atoms with Gasteiger partial charge in [-0.15, -0.1) is 0 Å². The van der Waals surface area contributed by atoms with Crippen LogP contribution in [0.5, 0.6) is 0 Å². The van der Waals surface area contributed by atoms with Crippen molar-refractivity contribution >= 4 is 230 Å². The molecule has 0 spiro atoms. The van der Waals surface area contributed by atoms with Crippen molar-refractivity contribution in [2.75, 3.05) is 0 Å². The number of hydrogen-bond donors (Lipinski definition) is 0. The summed E-state index contributed by atoms with van der Waals surface area (Å²) >= 11 is 0. The van der Waals surface area contributed by atoms with Gasteiger partial charge >= 0.3 is 219 Å². The molecule has 35 heteroatoms. The van der Waals surface area contributed by atoms with Crippen LogP contribution in [-0.2, 0) is 34.1 Å². The molecule has 0 N–H and O–H groups in total. The second kappa shape index (κ2) is 48.4. The second-order valence-corrected chi connectivity index (χ2v) is 7.50. The minimum atomic E-state index is -5.61. The van der Waals surface area contributed by atoms with E-state index in [-0.39, 0.29) is 219 Å². The minimum Gasteiger partial charge on any atom is -0.894 e. The summed E-state index contributed by atoms with van der Waals surface area (Å²) in [5, 5.41) is 0. The molecular formula is Fe2Mg8O20Si5. The maximum Gasteiger partial charge on any atom is 2.00 e. The zero-order valence-electron chi connectivity index (χ0n) is 17.0. The van der Waals surface area contributed by atoms with E-state index in [0.717, 1.165) is 0 Å². The van der Waals surface area contributed by atoms with Crippen molar-refractivity contribution in [2.24, 2.45) is 0 Å². The quantitative estimate of drug-likeness (QED) is 0.206. The maximum absolute atomic E-state index is 8.58.